The molecule has 0 fully saturated rings. The smallest absolute Gasteiger partial charge is 0.137 e. The maximum absolute atomic E-state index is 5.78. The van der Waals surface area contributed by atoms with Crippen LogP contribution in [0, 0.1) is 0 Å². The number of hydrogen-bond acceptors (Lipinski definition) is 5. The molecule has 0 aliphatic carbocycles. The first-order valence-electron chi connectivity index (χ1n) is 6.51. The lowest BCUT2D eigenvalue weighted by molar-refractivity contribution is 0.410. The van der Waals surface area contributed by atoms with E-state index in [1.54, 1.807) is 13.3 Å². The van der Waals surface area contributed by atoms with Gasteiger partial charge in [0, 0.05) is 16.3 Å². The minimum Gasteiger partial charge on any atom is -0.495 e. The predicted octanol–water partition coefficient (Wildman–Crippen LogP) is 2.31. The van der Waals surface area contributed by atoms with Gasteiger partial charge in [-0.05, 0) is 29.7 Å². The van der Waals surface area contributed by atoms with Crippen LogP contribution in [0.5, 0.6) is 5.75 Å². The second-order valence-corrected chi connectivity index (χ2v) is 6.05. The third-order valence-electron chi connectivity index (χ3n) is 3.55. The second-order valence-electron chi connectivity index (χ2n) is 4.77. The van der Waals surface area contributed by atoms with Crippen molar-refractivity contribution in [3.63, 3.8) is 0 Å². The van der Waals surface area contributed by atoms with E-state index in [-0.39, 0.29) is 6.04 Å². The summed E-state index contributed by atoms with van der Waals surface area (Å²) in [6.07, 6.45) is 4.55. The van der Waals surface area contributed by atoms with E-state index in [2.05, 4.69) is 34.7 Å². The number of hydrazine groups is 1. The molecule has 0 saturated carbocycles. The first-order valence-corrected chi connectivity index (χ1v) is 7.39. The zero-order valence-electron chi connectivity index (χ0n) is 11.2. The van der Waals surface area contributed by atoms with Crippen LogP contribution < -0.4 is 16.0 Å². The van der Waals surface area contributed by atoms with Crippen LogP contribution in [0.1, 0.15) is 17.2 Å². The molecule has 1 aliphatic rings. The highest BCUT2D eigenvalue weighted by Gasteiger charge is 2.30. The monoisotopic (exact) mass is 287 g/mol. The summed E-state index contributed by atoms with van der Waals surface area (Å²) in [6.45, 7) is 0. The minimum absolute atomic E-state index is 0.0509. The molecule has 0 radical (unpaired) electrons. The Balaban J connectivity index is 1.85. The number of fused-ring (bicyclic) bond motifs is 1. The summed E-state index contributed by atoms with van der Waals surface area (Å²) in [5.74, 6) is 6.53. The Morgan fingerprint density at radius 1 is 1.40 bits per heavy atom. The van der Waals surface area contributed by atoms with Gasteiger partial charge in [0.2, 0.25) is 0 Å². The number of aromatic nitrogens is 1. The average Bonchev–Trinajstić information content (AvgIpc) is 2.91. The first kappa shape index (κ1) is 13.4. The van der Waals surface area contributed by atoms with Crippen LogP contribution in [0.3, 0.4) is 0 Å². The molecule has 20 heavy (non-hydrogen) atoms. The van der Waals surface area contributed by atoms with Crippen LogP contribution in [-0.4, -0.2) is 17.3 Å². The third kappa shape index (κ3) is 2.52. The number of pyridine rings is 1. The van der Waals surface area contributed by atoms with Crippen molar-refractivity contribution in [2.24, 2.45) is 5.84 Å². The molecule has 2 unspecified atom stereocenters. The number of benzene rings is 1. The van der Waals surface area contributed by atoms with Gasteiger partial charge in [-0.25, -0.2) is 0 Å². The molecule has 0 saturated heterocycles. The Hall–Kier alpha value is -1.56. The van der Waals surface area contributed by atoms with Crippen LogP contribution in [0.25, 0.3) is 0 Å². The average molecular weight is 287 g/mol. The number of ether oxygens (including phenoxy) is 1. The SMILES string of the molecule is COc1cncc(C(NN)C2Cc3ccccc3S2)c1. The van der Waals surface area contributed by atoms with Crippen LogP contribution in [0.2, 0.25) is 0 Å². The molecule has 104 valence electrons. The van der Waals surface area contributed by atoms with E-state index in [4.69, 9.17) is 10.6 Å². The van der Waals surface area contributed by atoms with Crippen molar-refractivity contribution in [3.05, 3.63) is 53.9 Å². The Bertz CT molecular complexity index is 580. The number of nitrogens with zero attached hydrogens (tertiary/aromatic N) is 1. The Labute approximate surface area is 122 Å². The molecule has 4 nitrogen and oxygen atoms in total. The number of rotatable bonds is 4. The molecule has 3 rings (SSSR count). The summed E-state index contributed by atoms with van der Waals surface area (Å²) in [5.41, 5.74) is 5.37. The van der Waals surface area contributed by atoms with Crippen LogP contribution in [-0.2, 0) is 6.42 Å². The molecular formula is C15H17N3OS. The number of nitrogens with two attached hydrogens (primary N) is 1. The lowest BCUT2D eigenvalue weighted by Gasteiger charge is -2.22. The quantitative estimate of drug-likeness (QED) is 0.667. The fourth-order valence-corrected chi connectivity index (χ4v) is 3.95. The number of methoxy groups -OCH3 is 1. The molecule has 2 heterocycles. The van der Waals surface area contributed by atoms with E-state index in [0.717, 1.165) is 17.7 Å². The van der Waals surface area contributed by atoms with E-state index in [9.17, 15) is 0 Å². The van der Waals surface area contributed by atoms with Gasteiger partial charge in [-0.2, -0.15) is 0 Å². The maximum Gasteiger partial charge on any atom is 0.137 e. The van der Waals surface area contributed by atoms with Crippen molar-refractivity contribution in [2.45, 2.75) is 22.6 Å². The summed E-state index contributed by atoms with van der Waals surface area (Å²) >= 11 is 1.87. The molecule has 1 aromatic heterocycles. The van der Waals surface area contributed by atoms with Crippen molar-refractivity contribution < 1.29 is 4.74 Å². The molecule has 5 heteroatoms. The summed E-state index contributed by atoms with van der Waals surface area (Å²) < 4.78 is 5.24. The van der Waals surface area contributed by atoms with Gasteiger partial charge >= 0.3 is 0 Å². The molecule has 2 atom stereocenters. The zero-order chi connectivity index (χ0) is 13.9. The minimum atomic E-state index is 0.0509. The lowest BCUT2D eigenvalue weighted by Crippen LogP contribution is -2.35. The van der Waals surface area contributed by atoms with E-state index in [0.29, 0.717) is 5.25 Å². The van der Waals surface area contributed by atoms with Crippen LogP contribution in [0.15, 0.2) is 47.6 Å². The molecule has 3 N–H and O–H groups in total. The highest BCUT2D eigenvalue weighted by Crippen LogP contribution is 2.42. The van der Waals surface area contributed by atoms with Gasteiger partial charge in [0.1, 0.15) is 5.75 Å². The summed E-state index contributed by atoms with van der Waals surface area (Å²) in [7, 11) is 1.64. The fraction of sp³-hybridized carbons (Fsp3) is 0.267. The molecule has 0 bridgehead atoms. The van der Waals surface area contributed by atoms with E-state index >= 15 is 0 Å². The summed E-state index contributed by atoms with van der Waals surface area (Å²) in [5, 5.41) is 0.367. The number of thioether (sulfide) groups is 1. The van der Waals surface area contributed by atoms with Gasteiger partial charge in [-0.15, -0.1) is 11.8 Å². The highest BCUT2D eigenvalue weighted by atomic mass is 32.2. The van der Waals surface area contributed by atoms with Crippen molar-refractivity contribution in [1.29, 1.82) is 0 Å². The summed E-state index contributed by atoms with van der Waals surface area (Å²) in [6, 6.07) is 10.5. The van der Waals surface area contributed by atoms with Gasteiger partial charge in [0.25, 0.3) is 0 Å². The fourth-order valence-electron chi connectivity index (χ4n) is 2.53. The van der Waals surface area contributed by atoms with Gasteiger partial charge < -0.3 is 4.74 Å². The molecule has 1 aliphatic heterocycles. The maximum atomic E-state index is 5.78. The largest absolute Gasteiger partial charge is 0.495 e. The Morgan fingerprint density at radius 3 is 3.00 bits per heavy atom. The number of nitrogens with one attached hydrogen (secondary N) is 1. The Kier molecular flexibility index (Phi) is 3.91. The van der Waals surface area contributed by atoms with Gasteiger partial charge in [-0.3, -0.25) is 16.3 Å². The van der Waals surface area contributed by atoms with E-state index in [1.807, 2.05) is 24.0 Å². The standard InChI is InChI=1S/C15H17N3OS/c1-19-12-6-11(8-17-9-12)15(18-16)14-7-10-4-2-3-5-13(10)20-14/h2-6,8-9,14-15,18H,7,16H2,1H3. The second kappa shape index (κ2) is 5.83. The van der Waals surface area contributed by atoms with E-state index < -0.39 is 0 Å². The predicted molar refractivity (Wildman–Crippen MR) is 80.6 cm³/mol. The van der Waals surface area contributed by atoms with Gasteiger partial charge in [-0.1, -0.05) is 18.2 Å². The van der Waals surface area contributed by atoms with Gasteiger partial charge in [0.15, 0.2) is 0 Å². The van der Waals surface area contributed by atoms with E-state index in [1.165, 1.54) is 10.5 Å². The zero-order valence-corrected chi connectivity index (χ0v) is 12.1. The number of hydrogen-bond donors (Lipinski definition) is 2. The van der Waals surface area contributed by atoms with Crippen LogP contribution >= 0.6 is 11.8 Å². The van der Waals surface area contributed by atoms with Crippen molar-refractivity contribution in [2.75, 3.05) is 7.11 Å². The normalized spacial score (nSPS) is 18.6. The lowest BCUT2D eigenvalue weighted by atomic mass is 10.0. The molecule has 0 amide bonds. The molecule has 1 aromatic carbocycles. The van der Waals surface area contributed by atoms with Gasteiger partial charge in [0.05, 0.1) is 19.3 Å². The molecular weight excluding hydrogens is 270 g/mol. The van der Waals surface area contributed by atoms with Crippen molar-refractivity contribution in [3.8, 4) is 5.75 Å². The summed E-state index contributed by atoms with van der Waals surface area (Å²) in [4.78, 5) is 5.56. The molecule has 0 spiro atoms. The van der Waals surface area contributed by atoms with Crippen molar-refractivity contribution >= 4 is 11.8 Å². The van der Waals surface area contributed by atoms with Crippen LogP contribution in [0.4, 0.5) is 0 Å². The van der Waals surface area contributed by atoms with Crippen molar-refractivity contribution in [1.82, 2.24) is 10.4 Å². The Morgan fingerprint density at radius 2 is 2.25 bits per heavy atom. The highest BCUT2D eigenvalue weighted by molar-refractivity contribution is 8.00. The topological polar surface area (TPSA) is 60.2 Å². The third-order valence-corrected chi connectivity index (χ3v) is 4.95. The molecule has 2 aromatic rings. The first-order chi connectivity index (χ1) is 9.81.